The third kappa shape index (κ3) is 3.00. The first kappa shape index (κ1) is 12.6. The summed E-state index contributed by atoms with van der Waals surface area (Å²) >= 11 is 5.91. The van der Waals surface area contributed by atoms with Gasteiger partial charge in [-0.2, -0.15) is 0 Å². The molecule has 15 heavy (non-hydrogen) atoms. The lowest BCUT2D eigenvalue weighted by molar-refractivity contribution is 0.414. The molecule has 0 saturated heterocycles. The van der Waals surface area contributed by atoms with Crippen LogP contribution >= 0.6 is 22.3 Å². The fourth-order valence-electron chi connectivity index (χ4n) is 1.12. The van der Waals surface area contributed by atoms with E-state index in [0.717, 1.165) is 0 Å². The molecule has 0 amide bonds. The Morgan fingerprint density at radius 2 is 2.00 bits per heavy atom. The highest BCUT2D eigenvalue weighted by molar-refractivity contribution is 8.13. The Morgan fingerprint density at radius 1 is 1.40 bits per heavy atom. The average Bonchev–Trinajstić information content (AvgIpc) is 2.15. The van der Waals surface area contributed by atoms with E-state index in [1.807, 2.05) is 0 Å². The van der Waals surface area contributed by atoms with Crippen LogP contribution in [0.2, 0.25) is 5.02 Å². The second-order valence-electron chi connectivity index (χ2n) is 3.01. The van der Waals surface area contributed by atoms with E-state index < -0.39 is 14.3 Å². The van der Waals surface area contributed by atoms with Gasteiger partial charge >= 0.3 is 0 Å². The molecule has 1 aromatic carbocycles. The van der Waals surface area contributed by atoms with Gasteiger partial charge in [-0.25, -0.2) is 8.42 Å². The molecule has 3 nitrogen and oxygen atoms in total. The Morgan fingerprint density at radius 3 is 2.40 bits per heavy atom. The topological polar surface area (TPSA) is 43.4 Å². The minimum atomic E-state index is -3.65. The average molecular weight is 269 g/mol. The molecule has 0 saturated carbocycles. The maximum absolute atomic E-state index is 11.1. The van der Waals surface area contributed by atoms with Crippen molar-refractivity contribution in [3.63, 3.8) is 0 Å². The molecule has 0 spiro atoms. The largest absolute Gasteiger partial charge is 0.497 e. The Labute approximate surface area is 98.4 Å². The second-order valence-corrected chi connectivity index (χ2v) is 6.36. The number of rotatable bonds is 3. The van der Waals surface area contributed by atoms with E-state index in [4.69, 9.17) is 27.0 Å². The lowest BCUT2D eigenvalue weighted by Gasteiger charge is -2.11. The number of halogens is 2. The van der Waals surface area contributed by atoms with Gasteiger partial charge in [-0.1, -0.05) is 17.7 Å². The first-order valence-electron chi connectivity index (χ1n) is 4.13. The molecule has 0 heterocycles. The van der Waals surface area contributed by atoms with Crippen LogP contribution in [0.15, 0.2) is 18.2 Å². The second kappa shape index (κ2) is 4.60. The SMILES string of the molecule is COc1ccc(C(C)S(=O)(=O)Cl)c(Cl)c1. The number of ether oxygens (including phenoxy) is 1. The van der Waals surface area contributed by atoms with Gasteiger partial charge in [-0.3, -0.25) is 0 Å². The molecular formula is C9H10Cl2O3S. The van der Waals surface area contributed by atoms with Gasteiger partial charge < -0.3 is 4.74 Å². The molecule has 1 atom stereocenters. The Balaban J connectivity index is 3.17. The summed E-state index contributed by atoms with van der Waals surface area (Å²) in [4.78, 5) is 0. The van der Waals surface area contributed by atoms with E-state index in [1.165, 1.54) is 14.0 Å². The van der Waals surface area contributed by atoms with E-state index in [0.29, 0.717) is 16.3 Å². The highest BCUT2D eigenvalue weighted by Gasteiger charge is 2.22. The summed E-state index contributed by atoms with van der Waals surface area (Å²) in [5.74, 6) is 0.572. The molecule has 1 aromatic rings. The fraction of sp³-hybridized carbons (Fsp3) is 0.333. The van der Waals surface area contributed by atoms with Crippen molar-refractivity contribution >= 4 is 31.3 Å². The van der Waals surface area contributed by atoms with Gasteiger partial charge in [0.25, 0.3) is 0 Å². The van der Waals surface area contributed by atoms with E-state index in [1.54, 1.807) is 18.2 Å². The highest BCUT2D eigenvalue weighted by atomic mass is 35.7. The van der Waals surface area contributed by atoms with Crippen molar-refractivity contribution in [2.45, 2.75) is 12.2 Å². The first-order chi connectivity index (χ1) is 6.86. The highest BCUT2D eigenvalue weighted by Crippen LogP contribution is 2.32. The van der Waals surface area contributed by atoms with Gasteiger partial charge in [0.15, 0.2) is 0 Å². The van der Waals surface area contributed by atoms with Gasteiger partial charge in [-0.15, -0.1) is 0 Å². The van der Waals surface area contributed by atoms with Crippen molar-refractivity contribution in [2.24, 2.45) is 0 Å². The van der Waals surface area contributed by atoms with Gasteiger partial charge in [0.2, 0.25) is 9.05 Å². The smallest absolute Gasteiger partial charge is 0.239 e. The van der Waals surface area contributed by atoms with Crippen LogP contribution in [0.1, 0.15) is 17.7 Å². The van der Waals surface area contributed by atoms with E-state index >= 15 is 0 Å². The van der Waals surface area contributed by atoms with E-state index in [2.05, 4.69) is 0 Å². The predicted octanol–water partition coefficient (Wildman–Crippen LogP) is 2.98. The number of benzene rings is 1. The molecule has 6 heteroatoms. The summed E-state index contributed by atoms with van der Waals surface area (Å²) < 4.78 is 27.2. The summed E-state index contributed by atoms with van der Waals surface area (Å²) in [6.07, 6.45) is 0. The van der Waals surface area contributed by atoms with Gasteiger partial charge in [-0.05, 0) is 24.6 Å². The van der Waals surface area contributed by atoms with Crippen LogP contribution in [0.3, 0.4) is 0 Å². The van der Waals surface area contributed by atoms with Crippen molar-refractivity contribution in [2.75, 3.05) is 7.11 Å². The lowest BCUT2D eigenvalue weighted by Crippen LogP contribution is -2.03. The number of methoxy groups -OCH3 is 1. The summed E-state index contributed by atoms with van der Waals surface area (Å²) in [5, 5.41) is -0.511. The summed E-state index contributed by atoms with van der Waals surface area (Å²) in [6, 6.07) is 4.78. The standard InChI is InChI=1S/C9H10Cl2O3S/c1-6(15(11,12)13)8-4-3-7(14-2)5-9(8)10/h3-6H,1-2H3. The molecule has 0 aliphatic carbocycles. The zero-order chi connectivity index (χ0) is 11.6. The van der Waals surface area contributed by atoms with Crippen molar-refractivity contribution in [3.05, 3.63) is 28.8 Å². The maximum Gasteiger partial charge on any atom is 0.239 e. The molecule has 0 aromatic heterocycles. The monoisotopic (exact) mass is 268 g/mol. The molecule has 0 aliphatic heterocycles. The third-order valence-corrected chi connectivity index (χ3v) is 4.30. The van der Waals surface area contributed by atoms with Crippen LogP contribution in [-0.4, -0.2) is 15.5 Å². The van der Waals surface area contributed by atoms with Gasteiger partial charge in [0.1, 0.15) is 5.75 Å². The lowest BCUT2D eigenvalue weighted by atomic mass is 10.1. The first-order valence-corrected chi connectivity index (χ1v) is 6.88. The van der Waals surface area contributed by atoms with Crippen LogP contribution in [0.25, 0.3) is 0 Å². The van der Waals surface area contributed by atoms with E-state index in [9.17, 15) is 8.42 Å². The minimum absolute atomic E-state index is 0.325. The number of hydrogen-bond donors (Lipinski definition) is 0. The zero-order valence-corrected chi connectivity index (χ0v) is 10.5. The third-order valence-electron chi connectivity index (χ3n) is 2.07. The van der Waals surface area contributed by atoms with E-state index in [-0.39, 0.29) is 0 Å². The normalized spacial score (nSPS) is 13.6. The molecule has 0 radical (unpaired) electrons. The number of hydrogen-bond acceptors (Lipinski definition) is 3. The molecule has 84 valence electrons. The molecule has 0 fully saturated rings. The van der Waals surface area contributed by atoms with Crippen molar-refractivity contribution < 1.29 is 13.2 Å². The van der Waals surface area contributed by atoms with Crippen molar-refractivity contribution in [1.29, 1.82) is 0 Å². The van der Waals surface area contributed by atoms with Crippen LogP contribution in [0.5, 0.6) is 5.75 Å². The van der Waals surface area contributed by atoms with Gasteiger partial charge in [0, 0.05) is 15.7 Å². The Bertz CT molecular complexity index is 456. The molecule has 0 bridgehead atoms. The minimum Gasteiger partial charge on any atom is -0.497 e. The van der Waals surface area contributed by atoms with Crippen LogP contribution in [-0.2, 0) is 9.05 Å². The zero-order valence-electron chi connectivity index (χ0n) is 8.20. The molecule has 0 aliphatic rings. The molecule has 1 rings (SSSR count). The summed E-state index contributed by atoms with van der Waals surface area (Å²) in [6.45, 7) is 1.48. The molecular weight excluding hydrogens is 259 g/mol. The Kier molecular flexibility index (Phi) is 3.87. The molecule has 1 unspecified atom stereocenters. The Hall–Kier alpha value is -0.450. The van der Waals surface area contributed by atoms with Crippen LogP contribution in [0.4, 0.5) is 0 Å². The van der Waals surface area contributed by atoms with Crippen LogP contribution in [0, 0.1) is 0 Å². The predicted molar refractivity (Wildman–Crippen MR) is 61.2 cm³/mol. The fourth-order valence-corrected chi connectivity index (χ4v) is 2.31. The maximum atomic E-state index is 11.1. The summed E-state index contributed by atoms with van der Waals surface area (Å²) in [7, 11) is 3.10. The molecule has 0 N–H and O–H groups in total. The summed E-state index contributed by atoms with van der Waals surface area (Å²) in [5.41, 5.74) is 0.465. The van der Waals surface area contributed by atoms with Crippen molar-refractivity contribution in [1.82, 2.24) is 0 Å². The van der Waals surface area contributed by atoms with Gasteiger partial charge in [0.05, 0.1) is 12.4 Å². The van der Waals surface area contributed by atoms with Crippen molar-refractivity contribution in [3.8, 4) is 5.75 Å². The van der Waals surface area contributed by atoms with Crippen LogP contribution < -0.4 is 4.74 Å². The quantitative estimate of drug-likeness (QED) is 0.792.